The zero-order chi connectivity index (χ0) is 17.7. The summed E-state index contributed by atoms with van der Waals surface area (Å²) in [4.78, 5) is 16.9. The Bertz CT molecular complexity index is 578. The minimum absolute atomic E-state index is 0.0748. The summed E-state index contributed by atoms with van der Waals surface area (Å²) >= 11 is 0. The van der Waals surface area contributed by atoms with Crippen molar-refractivity contribution >= 4 is 11.7 Å². The molecule has 0 unspecified atom stereocenters. The van der Waals surface area contributed by atoms with Crippen molar-refractivity contribution in [3.63, 3.8) is 0 Å². The third kappa shape index (κ3) is 4.09. The number of amides is 2. The van der Waals surface area contributed by atoms with Crippen LogP contribution in [0.2, 0.25) is 0 Å². The molecule has 0 atom stereocenters. The van der Waals surface area contributed by atoms with Crippen LogP contribution in [-0.2, 0) is 11.2 Å². The molecule has 1 heterocycles. The Morgan fingerprint density at radius 3 is 2.52 bits per heavy atom. The van der Waals surface area contributed by atoms with Crippen molar-refractivity contribution in [2.24, 2.45) is 5.41 Å². The van der Waals surface area contributed by atoms with Crippen molar-refractivity contribution in [2.75, 3.05) is 51.3 Å². The van der Waals surface area contributed by atoms with Gasteiger partial charge in [-0.3, -0.25) is 0 Å². The van der Waals surface area contributed by atoms with Gasteiger partial charge in [0.1, 0.15) is 0 Å². The number of benzene rings is 1. The van der Waals surface area contributed by atoms with E-state index in [1.54, 1.807) is 7.11 Å². The van der Waals surface area contributed by atoms with Crippen molar-refractivity contribution in [3.05, 3.63) is 29.8 Å². The second-order valence-electron chi connectivity index (χ2n) is 7.40. The van der Waals surface area contributed by atoms with Gasteiger partial charge in [-0.2, -0.15) is 0 Å². The first-order valence-corrected chi connectivity index (χ1v) is 9.52. The Morgan fingerprint density at radius 2 is 1.92 bits per heavy atom. The van der Waals surface area contributed by atoms with E-state index in [2.05, 4.69) is 41.4 Å². The Morgan fingerprint density at radius 1 is 1.20 bits per heavy atom. The molecule has 25 heavy (non-hydrogen) atoms. The number of nitrogens with one attached hydrogen (secondary N) is 1. The first kappa shape index (κ1) is 18.1. The predicted octanol–water partition coefficient (Wildman–Crippen LogP) is 2.90. The maximum atomic E-state index is 12.5. The lowest BCUT2D eigenvalue weighted by atomic mass is 9.69. The number of urea groups is 1. The number of methoxy groups -OCH3 is 1. The summed E-state index contributed by atoms with van der Waals surface area (Å²) in [7, 11) is 1.75. The lowest BCUT2D eigenvalue weighted by Gasteiger charge is -2.42. The molecule has 3 rings (SSSR count). The average Bonchev–Trinajstić information content (AvgIpc) is 2.63. The maximum Gasteiger partial charge on any atom is 0.317 e. The van der Waals surface area contributed by atoms with Crippen molar-refractivity contribution in [1.29, 1.82) is 0 Å². The maximum absolute atomic E-state index is 12.5. The number of hydrogen-bond donors (Lipinski definition) is 1. The lowest BCUT2D eigenvalue weighted by Crippen LogP contribution is -2.54. The van der Waals surface area contributed by atoms with Gasteiger partial charge in [0, 0.05) is 50.9 Å². The third-order valence-corrected chi connectivity index (χ3v) is 5.76. The second-order valence-corrected chi connectivity index (χ2v) is 7.40. The SMILES string of the molecule is CCc1ccccc1N1CCN(C(=O)NCC2(COC)CCC2)CC1. The largest absolute Gasteiger partial charge is 0.384 e. The van der Waals surface area contributed by atoms with Crippen molar-refractivity contribution in [2.45, 2.75) is 32.6 Å². The number of nitrogens with zero attached hydrogens (tertiary/aromatic N) is 2. The Kier molecular flexibility index (Phi) is 5.84. The molecule has 138 valence electrons. The highest BCUT2D eigenvalue weighted by molar-refractivity contribution is 5.74. The smallest absolute Gasteiger partial charge is 0.317 e. The number of aryl methyl sites for hydroxylation is 1. The summed E-state index contributed by atoms with van der Waals surface area (Å²) in [6.45, 7) is 7.02. The second kappa shape index (κ2) is 8.09. The van der Waals surface area contributed by atoms with E-state index in [0.29, 0.717) is 0 Å². The summed E-state index contributed by atoms with van der Waals surface area (Å²) in [5.41, 5.74) is 2.87. The number of anilines is 1. The topological polar surface area (TPSA) is 44.8 Å². The van der Waals surface area contributed by atoms with Gasteiger partial charge in [-0.05, 0) is 30.9 Å². The van der Waals surface area contributed by atoms with Gasteiger partial charge < -0.3 is 19.9 Å². The zero-order valence-corrected chi connectivity index (χ0v) is 15.6. The van der Waals surface area contributed by atoms with E-state index in [-0.39, 0.29) is 11.4 Å². The summed E-state index contributed by atoms with van der Waals surface area (Å²) < 4.78 is 5.34. The van der Waals surface area contributed by atoms with Crippen LogP contribution in [0.15, 0.2) is 24.3 Å². The van der Waals surface area contributed by atoms with Gasteiger partial charge >= 0.3 is 6.03 Å². The molecule has 1 aromatic rings. The van der Waals surface area contributed by atoms with E-state index in [4.69, 9.17) is 4.74 Å². The van der Waals surface area contributed by atoms with Crippen molar-refractivity contribution in [1.82, 2.24) is 10.2 Å². The lowest BCUT2D eigenvalue weighted by molar-refractivity contribution is 0.0190. The van der Waals surface area contributed by atoms with Gasteiger partial charge in [0.25, 0.3) is 0 Å². The molecule has 1 aromatic carbocycles. The predicted molar refractivity (Wildman–Crippen MR) is 101 cm³/mol. The van der Waals surface area contributed by atoms with Crippen LogP contribution in [-0.4, -0.2) is 57.4 Å². The highest BCUT2D eigenvalue weighted by Crippen LogP contribution is 2.40. The fourth-order valence-electron chi connectivity index (χ4n) is 4.00. The monoisotopic (exact) mass is 345 g/mol. The van der Waals surface area contributed by atoms with Gasteiger partial charge in [-0.15, -0.1) is 0 Å². The quantitative estimate of drug-likeness (QED) is 0.862. The van der Waals surface area contributed by atoms with Crippen LogP contribution in [0, 0.1) is 5.41 Å². The Labute approximate surface area is 151 Å². The van der Waals surface area contributed by atoms with E-state index >= 15 is 0 Å². The van der Waals surface area contributed by atoms with Gasteiger partial charge in [0.15, 0.2) is 0 Å². The normalized spacial score (nSPS) is 19.4. The summed E-state index contributed by atoms with van der Waals surface area (Å²) in [6, 6.07) is 8.66. The molecule has 0 aromatic heterocycles. The van der Waals surface area contributed by atoms with E-state index < -0.39 is 0 Å². The molecule has 2 aliphatic rings. The van der Waals surface area contributed by atoms with Crippen molar-refractivity contribution < 1.29 is 9.53 Å². The molecule has 2 fully saturated rings. The van der Waals surface area contributed by atoms with Crippen molar-refractivity contribution in [3.8, 4) is 0 Å². The number of hydrogen-bond acceptors (Lipinski definition) is 3. The highest BCUT2D eigenvalue weighted by Gasteiger charge is 2.37. The Hall–Kier alpha value is -1.75. The van der Waals surface area contributed by atoms with Crippen LogP contribution in [0.3, 0.4) is 0 Å². The number of carbonyl (C=O) groups is 1. The molecule has 2 amide bonds. The van der Waals surface area contributed by atoms with Gasteiger partial charge in [0.05, 0.1) is 6.61 Å². The third-order valence-electron chi connectivity index (χ3n) is 5.76. The van der Waals surface area contributed by atoms with E-state index in [1.807, 2.05) is 4.90 Å². The summed E-state index contributed by atoms with van der Waals surface area (Å²) in [6.07, 6.45) is 4.60. The minimum Gasteiger partial charge on any atom is -0.384 e. The number of carbonyl (C=O) groups excluding carboxylic acids is 1. The molecule has 0 radical (unpaired) electrons. The first-order valence-electron chi connectivity index (χ1n) is 9.52. The molecule has 0 spiro atoms. The molecule has 1 saturated carbocycles. The number of ether oxygens (including phenoxy) is 1. The van der Waals surface area contributed by atoms with Gasteiger partial charge in [-0.1, -0.05) is 31.5 Å². The fourth-order valence-corrected chi connectivity index (χ4v) is 4.00. The molecule has 1 N–H and O–H groups in total. The molecule has 0 bridgehead atoms. The van der Waals surface area contributed by atoms with Crippen LogP contribution in [0.4, 0.5) is 10.5 Å². The molecular formula is C20H31N3O2. The fraction of sp³-hybridized carbons (Fsp3) is 0.650. The van der Waals surface area contributed by atoms with E-state index in [0.717, 1.165) is 58.6 Å². The summed E-state index contributed by atoms with van der Waals surface area (Å²) in [5.74, 6) is 0. The molecule has 5 heteroatoms. The van der Waals surface area contributed by atoms with Crippen LogP contribution >= 0.6 is 0 Å². The molecular weight excluding hydrogens is 314 g/mol. The van der Waals surface area contributed by atoms with Gasteiger partial charge in [-0.25, -0.2) is 4.79 Å². The average molecular weight is 345 g/mol. The molecule has 1 aliphatic carbocycles. The van der Waals surface area contributed by atoms with Gasteiger partial charge in [0.2, 0.25) is 0 Å². The minimum atomic E-state index is 0.0748. The number of rotatable bonds is 6. The van der Waals surface area contributed by atoms with E-state index in [1.165, 1.54) is 17.7 Å². The van der Waals surface area contributed by atoms with Crippen LogP contribution in [0.5, 0.6) is 0 Å². The first-order chi connectivity index (χ1) is 12.2. The van der Waals surface area contributed by atoms with Crippen LogP contribution in [0.25, 0.3) is 0 Å². The highest BCUT2D eigenvalue weighted by atomic mass is 16.5. The van der Waals surface area contributed by atoms with Crippen LogP contribution < -0.4 is 10.2 Å². The van der Waals surface area contributed by atoms with E-state index in [9.17, 15) is 4.79 Å². The molecule has 1 saturated heterocycles. The number of piperazine rings is 1. The number of para-hydroxylation sites is 1. The molecule has 1 aliphatic heterocycles. The van der Waals surface area contributed by atoms with Crippen LogP contribution in [0.1, 0.15) is 31.7 Å². The summed E-state index contributed by atoms with van der Waals surface area (Å²) in [5, 5.41) is 3.15. The standard InChI is InChI=1S/C20H31N3O2/c1-3-17-7-4-5-8-18(17)22-11-13-23(14-12-22)19(24)21-15-20(16-25-2)9-6-10-20/h4-5,7-8H,3,6,9-16H2,1-2H3,(H,21,24). The zero-order valence-electron chi connectivity index (χ0n) is 15.6. The molecule has 5 nitrogen and oxygen atoms in total. The Balaban J connectivity index is 1.49.